The Kier molecular flexibility index (Phi) is 6.17. The summed E-state index contributed by atoms with van der Waals surface area (Å²) in [5.74, 6) is 1.01. The molecule has 5 nitrogen and oxygen atoms in total. The maximum absolute atomic E-state index is 13.0. The van der Waals surface area contributed by atoms with Crippen LogP contribution in [-0.4, -0.2) is 47.1 Å². The monoisotopic (exact) mass is 400 g/mol. The van der Waals surface area contributed by atoms with E-state index >= 15 is 0 Å². The van der Waals surface area contributed by atoms with Crippen molar-refractivity contribution in [3.8, 4) is 0 Å². The fourth-order valence-corrected chi connectivity index (χ4v) is 4.55. The molecular formula is C25H28N4O. The van der Waals surface area contributed by atoms with Crippen LogP contribution in [-0.2, 0) is 11.2 Å². The van der Waals surface area contributed by atoms with Gasteiger partial charge < -0.3 is 4.90 Å². The molecule has 1 amide bonds. The molecule has 0 saturated carbocycles. The molecule has 4 rings (SSSR count). The van der Waals surface area contributed by atoms with Gasteiger partial charge in [0.1, 0.15) is 0 Å². The molecule has 2 aromatic heterocycles. The highest BCUT2D eigenvalue weighted by Gasteiger charge is 2.29. The standard InChI is InChI=1S/C25H28N4O/c1-18-13-21(17-29(16-18)24(30)10-7-19-5-3-11-27-14-19)22-9-8-20(15-26-2)25-23(22)6-4-12-28-25/h3-6,8-9,11-12,14-15,18,21H,7,10,13,16-17H2,1-2H3/b26-15-/t18?,21-/m1/s1. The van der Waals surface area contributed by atoms with E-state index in [1.54, 1.807) is 13.2 Å². The van der Waals surface area contributed by atoms with Crippen LogP contribution in [0.2, 0.25) is 0 Å². The second-order valence-corrected chi connectivity index (χ2v) is 8.23. The molecule has 0 aliphatic carbocycles. The van der Waals surface area contributed by atoms with Crippen LogP contribution in [0.3, 0.4) is 0 Å². The SMILES string of the molecule is C/N=C\c1ccc([C@@H]2CC(C)CN(C(=O)CCc3cccnc3)C2)c2cccnc12. The summed E-state index contributed by atoms with van der Waals surface area (Å²) in [4.78, 5) is 28.0. The van der Waals surface area contributed by atoms with Gasteiger partial charge in [-0.2, -0.15) is 0 Å². The Bertz CT molecular complexity index is 1050. The number of nitrogens with zero attached hydrogens (tertiary/aromatic N) is 4. The Morgan fingerprint density at radius 1 is 1.20 bits per heavy atom. The average Bonchev–Trinajstić information content (AvgIpc) is 2.78. The van der Waals surface area contributed by atoms with Gasteiger partial charge in [0.15, 0.2) is 0 Å². The van der Waals surface area contributed by atoms with Gasteiger partial charge in [-0.05, 0) is 42.0 Å². The van der Waals surface area contributed by atoms with Crippen LogP contribution >= 0.6 is 0 Å². The lowest BCUT2D eigenvalue weighted by molar-refractivity contribution is -0.133. The second-order valence-electron chi connectivity index (χ2n) is 8.23. The zero-order valence-electron chi connectivity index (χ0n) is 17.7. The number of piperidine rings is 1. The van der Waals surface area contributed by atoms with Crippen molar-refractivity contribution in [3.05, 3.63) is 71.7 Å². The predicted octanol–water partition coefficient (Wildman–Crippen LogP) is 4.26. The molecule has 1 aliphatic rings. The number of amides is 1. The number of aromatic nitrogens is 2. The van der Waals surface area contributed by atoms with E-state index in [9.17, 15) is 4.79 Å². The smallest absolute Gasteiger partial charge is 0.222 e. The van der Waals surface area contributed by atoms with Crippen molar-refractivity contribution >= 4 is 23.0 Å². The minimum Gasteiger partial charge on any atom is -0.342 e. The van der Waals surface area contributed by atoms with Crippen molar-refractivity contribution in [2.45, 2.75) is 32.1 Å². The first-order valence-corrected chi connectivity index (χ1v) is 10.6. The summed E-state index contributed by atoms with van der Waals surface area (Å²) in [6.07, 6.45) is 9.64. The molecule has 30 heavy (non-hydrogen) atoms. The van der Waals surface area contributed by atoms with Crippen molar-refractivity contribution < 1.29 is 4.79 Å². The van der Waals surface area contributed by atoms with Crippen LogP contribution in [0.5, 0.6) is 0 Å². The van der Waals surface area contributed by atoms with Crippen molar-refractivity contribution in [1.82, 2.24) is 14.9 Å². The molecule has 154 valence electrons. The number of hydrogen-bond donors (Lipinski definition) is 0. The summed E-state index contributed by atoms with van der Waals surface area (Å²) in [5.41, 5.74) is 4.40. The van der Waals surface area contributed by atoms with Crippen molar-refractivity contribution in [2.24, 2.45) is 10.9 Å². The quantitative estimate of drug-likeness (QED) is 0.601. The molecule has 0 bridgehead atoms. The van der Waals surface area contributed by atoms with Crippen molar-refractivity contribution in [1.29, 1.82) is 0 Å². The molecule has 3 heterocycles. The zero-order valence-corrected chi connectivity index (χ0v) is 17.7. The Hall–Kier alpha value is -3.08. The largest absolute Gasteiger partial charge is 0.342 e. The highest BCUT2D eigenvalue weighted by molar-refractivity contribution is 5.99. The number of carbonyl (C=O) groups excluding carboxylic acids is 1. The van der Waals surface area contributed by atoms with Crippen LogP contribution in [0.1, 0.15) is 42.4 Å². The number of aliphatic imine (C=N–C) groups is 1. The van der Waals surface area contributed by atoms with Gasteiger partial charge in [0, 0.05) is 68.2 Å². The van der Waals surface area contributed by atoms with Gasteiger partial charge in [0.05, 0.1) is 5.52 Å². The number of hydrogen-bond acceptors (Lipinski definition) is 4. The Morgan fingerprint density at radius 3 is 2.87 bits per heavy atom. The lowest BCUT2D eigenvalue weighted by Crippen LogP contribution is -2.42. The molecule has 1 aromatic carbocycles. The topological polar surface area (TPSA) is 58.5 Å². The van der Waals surface area contributed by atoms with E-state index < -0.39 is 0 Å². The Morgan fingerprint density at radius 2 is 2.07 bits per heavy atom. The molecule has 1 saturated heterocycles. The van der Waals surface area contributed by atoms with E-state index in [-0.39, 0.29) is 5.91 Å². The third-order valence-electron chi connectivity index (χ3n) is 5.91. The number of benzene rings is 1. The summed E-state index contributed by atoms with van der Waals surface area (Å²) in [7, 11) is 1.78. The lowest BCUT2D eigenvalue weighted by atomic mass is 9.83. The highest BCUT2D eigenvalue weighted by Crippen LogP contribution is 2.35. The molecule has 1 fully saturated rings. The summed E-state index contributed by atoms with van der Waals surface area (Å²) >= 11 is 0. The van der Waals surface area contributed by atoms with E-state index in [0.717, 1.165) is 48.0 Å². The molecule has 5 heteroatoms. The summed E-state index contributed by atoms with van der Waals surface area (Å²) < 4.78 is 0. The number of pyridine rings is 2. The average molecular weight is 401 g/mol. The highest BCUT2D eigenvalue weighted by atomic mass is 16.2. The van der Waals surface area contributed by atoms with Crippen LogP contribution in [0.4, 0.5) is 0 Å². The van der Waals surface area contributed by atoms with Gasteiger partial charge in [-0.15, -0.1) is 0 Å². The normalized spacial score (nSPS) is 19.5. The Labute approximate surface area is 177 Å². The van der Waals surface area contributed by atoms with Crippen LogP contribution in [0, 0.1) is 5.92 Å². The van der Waals surface area contributed by atoms with Gasteiger partial charge in [0.2, 0.25) is 5.91 Å². The fourth-order valence-electron chi connectivity index (χ4n) is 4.55. The molecular weight excluding hydrogens is 372 g/mol. The zero-order chi connectivity index (χ0) is 20.9. The first-order chi connectivity index (χ1) is 14.7. The molecule has 1 unspecified atom stereocenters. The van der Waals surface area contributed by atoms with Gasteiger partial charge >= 0.3 is 0 Å². The third kappa shape index (κ3) is 4.40. The molecule has 3 aromatic rings. The number of aryl methyl sites for hydroxylation is 1. The van der Waals surface area contributed by atoms with Crippen LogP contribution < -0.4 is 0 Å². The minimum absolute atomic E-state index is 0.229. The molecule has 0 radical (unpaired) electrons. The molecule has 0 spiro atoms. The fraction of sp³-hybridized carbons (Fsp3) is 0.360. The van der Waals surface area contributed by atoms with Gasteiger partial charge in [-0.25, -0.2) is 0 Å². The summed E-state index contributed by atoms with van der Waals surface area (Å²) in [6.45, 7) is 3.84. The lowest BCUT2D eigenvalue weighted by Gasteiger charge is -2.37. The number of carbonyl (C=O) groups is 1. The number of likely N-dealkylation sites (tertiary alicyclic amines) is 1. The predicted molar refractivity (Wildman–Crippen MR) is 121 cm³/mol. The van der Waals surface area contributed by atoms with E-state index in [1.807, 2.05) is 36.8 Å². The maximum Gasteiger partial charge on any atom is 0.222 e. The van der Waals surface area contributed by atoms with Crippen LogP contribution in [0.25, 0.3) is 10.9 Å². The summed E-state index contributed by atoms with van der Waals surface area (Å²) in [6, 6.07) is 12.4. The molecule has 0 N–H and O–H groups in total. The van der Waals surface area contributed by atoms with Crippen molar-refractivity contribution in [2.75, 3.05) is 20.1 Å². The number of fused-ring (bicyclic) bond motifs is 1. The van der Waals surface area contributed by atoms with Crippen LogP contribution in [0.15, 0.2) is 60.0 Å². The van der Waals surface area contributed by atoms with E-state index in [0.29, 0.717) is 18.3 Å². The summed E-state index contributed by atoms with van der Waals surface area (Å²) in [5, 5.41) is 1.16. The second kappa shape index (κ2) is 9.16. The van der Waals surface area contributed by atoms with E-state index in [1.165, 1.54) is 5.56 Å². The molecule has 2 atom stereocenters. The Balaban J connectivity index is 1.55. The van der Waals surface area contributed by atoms with E-state index in [4.69, 9.17) is 0 Å². The van der Waals surface area contributed by atoms with Crippen molar-refractivity contribution in [3.63, 3.8) is 0 Å². The van der Waals surface area contributed by atoms with E-state index in [2.05, 4.69) is 45.0 Å². The first kappa shape index (κ1) is 20.2. The van der Waals surface area contributed by atoms with Gasteiger partial charge in [-0.3, -0.25) is 19.8 Å². The minimum atomic E-state index is 0.229. The van der Waals surface area contributed by atoms with Gasteiger partial charge in [-0.1, -0.05) is 31.2 Å². The third-order valence-corrected chi connectivity index (χ3v) is 5.91. The number of rotatable bonds is 5. The maximum atomic E-state index is 13.0. The first-order valence-electron chi connectivity index (χ1n) is 10.6. The molecule has 1 aliphatic heterocycles. The van der Waals surface area contributed by atoms with Gasteiger partial charge in [0.25, 0.3) is 0 Å².